The van der Waals surface area contributed by atoms with Gasteiger partial charge < -0.3 is 10.5 Å². The third-order valence-corrected chi connectivity index (χ3v) is 4.08. The summed E-state index contributed by atoms with van der Waals surface area (Å²) in [6.07, 6.45) is 0. The molecule has 3 nitrogen and oxygen atoms in total. The van der Waals surface area contributed by atoms with Crippen molar-refractivity contribution in [2.45, 2.75) is 6.92 Å². The van der Waals surface area contributed by atoms with Crippen molar-refractivity contribution in [2.75, 3.05) is 12.3 Å². The summed E-state index contributed by atoms with van der Waals surface area (Å²) in [5, 5.41) is 3.13. The molecule has 0 fully saturated rings. The van der Waals surface area contributed by atoms with Crippen molar-refractivity contribution < 1.29 is 9.53 Å². The summed E-state index contributed by atoms with van der Waals surface area (Å²) in [6.45, 7) is 2.05. The summed E-state index contributed by atoms with van der Waals surface area (Å²) in [5.41, 5.74) is 7.71. The van der Waals surface area contributed by atoms with Crippen molar-refractivity contribution in [1.82, 2.24) is 0 Å². The molecule has 0 spiro atoms. The van der Waals surface area contributed by atoms with E-state index in [0.717, 1.165) is 5.56 Å². The van der Waals surface area contributed by atoms with Gasteiger partial charge >= 0.3 is 5.97 Å². The molecule has 0 aliphatic rings. The van der Waals surface area contributed by atoms with E-state index in [9.17, 15) is 4.79 Å². The fourth-order valence-electron chi connectivity index (χ4n) is 1.66. The lowest BCUT2D eigenvalue weighted by Crippen LogP contribution is -2.07. The number of carbonyl (C=O) groups excluding carboxylic acids is 1. The van der Waals surface area contributed by atoms with Gasteiger partial charge in [0.2, 0.25) is 0 Å². The molecule has 0 atom stereocenters. The van der Waals surface area contributed by atoms with Crippen molar-refractivity contribution in [3.8, 4) is 11.1 Å². The molecule has 0 saturated carbocycles. The summed E-state index contributed by atoms with van der Waals surface area (Å²) >= 11 is 13.2. The average Bonchev–Trinajstić information content (AvgIpc) is 2.75. The molecule has 1 heterocycles. The first kappa shape index (κ1) is 14.2. The van der Waals surface area contributed by atoms with Gasteiger partial charge in [-0.2, -0.15) is 0 Å². The van der Waals surface area contributed by atoms with Gasteiger partial charge in [-0.05, 0) is 24.6 Å². The summed E-state index contributed by atoms with van der Waals surface area (Å²) in [4.78, 5) is 11.9. The molecule has 0 aliphatic carbocycles. The van der Waals surface area contributed by atoms with E-state index in [2.05, 4.69) is 0 Å². The standard InChI is InChI=1S/C13H11Cl2NO2S/c1-2-18-13(17)11-8(6-19-12(11)16)7-3-4-9(14)10(15)5-7/h3-6H,2,16H2,1H3. The SMILES string of the molecule is CCOC(=O)c1c(-c2ccc(Cl)c(Cl)c2)csc1N. The second kappa shape index (κ2) is 5.82. The van der Waals surface area contributed by atoms with Gasteiger partial charge in [-0.25, -0.2) is 4.79 Å². The van der Waals surface area contributed by atoms with Crippen LogP contribution in [0.2, 0.25) is 10.0 Å². The molecule has 100 valence electrons. The zero-order chi connectivity index (χ0) is 14.0. The number of nitrogens with two attached hydrogens (primary N) is 1. The molecule has 1 aromatic carbocycles. The highest BCUT2D eigenvalue weighted by atomic mass is 35.5. The van der Waals surface area contributed by atoms with Gasteiger partial charge in [0.1, 0.15) is 10.6 Å². The van der Waals surface area contributed by atoms with Gasteiger partial charge in [0.05, 0.1) is 16.7 Å². The number of rotatable bonds is 3. The van der Waals surface area contributed by atoms with Crippen molar-refractivity contribution in [3.05, 3.63) is 39.2 Å². The number of esters is 1. The number of ether oxygens (including phenoxy) is 1. The van der Waals surface area contributed by atoms with Crippen LogP contribution < -0.4 is 5.73 Å². The van der Waals surface area contributed by atoms with Crippen LogP contribution >= 0.6 is 34.5 Å². The van der Waals surface area contributed by atoms with Crippen LogP contribution in [0, 0.1) is 0 Å². The minimum absolute atomic E-state index is 0.301. The maximum atomic E-state index is 11.9. The molecule has 0 saturated heterocycles. The molecule has 2 aromatic rings. The lowest BCUT2D eigenvalue weighted by Gasteiger charge is -2.06. The highest BCUT2D eigenvalue weighted by Crippen LogP contribution is 2.36. The average molecular weight is 316 g/mol. The van der Waals surface area contributed by atoms with Crippen molar-refractivity contribution in [1.29, 1.82) is 0 Å². The van der Waals surface area contributed by atoms with Gasteiger partial charge in [-0.1, -0.05) is 29.3 Å². The van der Waals surface area contributed by atoms with Gasteiger partial charge in [0, 0.05) is 10.9 Å². The van der Waals surface area contributed by atoms with Crippen LogP contribution in [0.25, 0.3) is 11.1 Å². The van der Waals surface area contributed by atoms with E-state index in [-0.39, 0.29) is 0 Å². The fourth-order valence-corrected chi connectivity index (χ4v) is 2.77. The number of thiophene rings is 1. The van der Waals surface area contributed by atoms with Crippen LogP contribution in [0.1, 0.15) is 17.3 Å². The number of halogens is 2. The molecular weight excluding hydrogens is 305 g/mol. The summed E-state index contributed by atoms with van der Waals surface area (Å²) < 4.78 is 5.01. The number of carbonyl (C=O) groups is 1. The van der Waals surface area contributed by atoms with Gasteiger partial charge in [0.25, 0.3) is 0 Å². The predicted octanol–water partition coefficient (Wildman–Crippen LogP) is 4.48. The van der Waals surface area contributed by atoms with Crippen molar-refractivity contribution >= 4 is 45.5 Å². The lowest BCUT2D eigenvalue weighted by molar-refractivity contribution is 0.0529. The Labute approximate surface area is 124 Å². The molecule has 0 amide bonds. The quantitative estimate of drug-likeness (QED) is 0.849. The highest BCUT2D eigenvalue weighted by Gasteiger charge is 2.20. The van der Waals surface area contributed by atoms with E-state index in [1.165, 1.54) is 11.3 Å². The first-order valence-corrected chi connectivity index (χ1v) is 7.17. The maximum absolute atomic E-state index is 11.9. The van der Waals surface area contributed by atoms with Gasteiger partial charge in [-0.15, -0.1) is 11.3 Å². The molecule has 19 heavy (non-hydrogen) atoms. The van der Waals surface area contributed by atoms with Crippen molar-refractivity contribution in [3.63, 3.8) is 0 Å². The van der Waals surface area contributed by atoms with Crippen LogP contribution in [0.3, 0.4) is 0 Å². The first-order chi connectivity index (χ1) is 9.04. The van der Waals surface area contributed by atoms with E-state index in [0.29, 0.717) is 32.8 Å². The lowest BCUT2D eigenvalue weighted by atomic mass is 10.0. The third kappa shape index (κ3) is 2.86. The minimum Gasteiger partial charge on any atom is -0.462 e. The summed E-state index contributed by atoms with van der Waals surface area (Å²) in [7, 11) is 0. The van der Waals surface area contributed by atoms with Crippen LogP contribution in [0.5, 0.6) is 0 Å². The Morgan fingerprint density at radius 2 is 2.11 bits per heavy atom. The smallest absolute Gasteiger partial charge is 0.341 e. The van der Waals surface area contributed by atoms with Gasteiger partial charge in [-0.3, -0.25) is 0 Å². The van der Waals surface area contributed by atoms with E-state index in [4.69, 9.17) is 33.7 Å². The Morgan fingerprint density at radius 3 is 2.74 bits per heavy atom. The van der Waals surface area contributed by atoms with Crippen LogP contribution in [-0.4, -0.2) is 12.6 Å². The fraction of sp³-hybridized carbons (Fsp3) is 0.154. The van der Waals surface area contributed by atoms with E-state index < -0.39 is 5.97 Å². The largest absolute Gasteiger partial charge is 0.462 e. The highest BCUT2D eigenvalue weighted by molar-refractivity contribution is 7.15. The molecule has 0 aliphatic heterocycles. The van der Waals surface area contributed by atoms with E-state index in [1.54, 1.807) is 30.5 Å². The van der Waals surface area contributed by atoms with Crippen molar-refractivity contribution in [2.24, 2.45) is 0 Å². The Hall–Kier alpha value is -1.23. The first-order valence-electron chi connectivity index (χ1n) is 5.54. The number of hydrogen-bond acceptors (Lipinski definition) is 4. The van der Waals surface area contributed by atoms with Crippen LogP contribution in [-0.2, 0) is 4.74 Å². The Balaban J connectivity index is 2.50. The summed E-state index contributed by atoms with van der Waals surface area (Å²) in [6, 6.07) is 5.18. The topological polar surface area (TPSA) is 52.3 Å². The molecule has 2 N–H and O–H groups in total. The summed E-state index contributed by atoms with van der Waals surface area (Å²) in [5.74, 6) is -0.428. The Bertz CT molecular complexity index is 625. The number of anilines is 1. The number of benzene rings is 1. The molecule has 0 unspecified atom stereocenters. The molecule has 0 bridgehead atoms. The molecular formula is C13H11Cl2NO2S. The Kier molecular flexibility index (Phi) is 4.34. The third-order valence-electron chi connectivity index (χ3n) is 2.53. The molecule has 1 aromatic heterocycles. The molecule has 2 rings (SSSR count). The normalized spacial score (nSPS) is 10.5. The minimum atomic E-state index is -0.428. The molecule has 6 heteroatoms. The zero-order valence-corrected chi connectivity index (χ0v) is 12.4. The van der Waals surface area contributed by atoms with E-state index >= 15 is 0 Å². The second-order valence-electron chi connectivity index (χ2n) is 3.74. The van der Waals surface area contributed by atoms with Gasteiger partial charge in [0.15, 0.2) is 0 Å². The van der Waals surface area contributed by atoms with Crippen LogP contribution in [0.15, 0.2) is 23.6 Å². The maximum Gasteiger partial charge on any atom is 0.341 e. The number of hydrogen-bond donors (Lipinski definition) is 1. The molecule has 0 radical (unpaired) electrons. The van der Waals surface area contributed by atoms with Crippen LogP contribution in [0.4, 0.5) is 5.00 Å². The second-order valence-corrected chi connectivity index (χ2v) is 5.46. The predicted molar refractivity (Wildman–Crippen MR) is 80.1 cm³/mol. The number of nitrogen functional groups attached to an aromatic ring is 1. The Morgan fingerprint density at radius 1 is 1.37 bits per heavy atom. The van der Waals surface area contributed by atoms with E-state index in [1.807, 2.05) is 0 Å². The zero-order valence-electron chi connectivity index (χ0n) is 10.1. The monoisotopic (exact) mass is 315 g/mol.